The number of hydrogen-bond donors (Lipinski definition) is 1. The number of fused-ring (bicyclic) bond motifs is 1. The lowest BCUT2D eigenvalue weighted by Crippen LogP contribution is -2.43. The van der Waals surface area contributed by atoms with Crippen LogP contribution in [0, 0.1) is 17.7 Å². The number of piperidine rings is 1. The smallest absolute Gasteiger partial charge is 0.418 e. The number of nitrogens with zero attached hydrogens (tertiary/aromatic N) is 3. The van der Waals surface area contributed by atoms with Gasteiger partial charge in [0.15, 0.2) is 6.10 Å². The number of alkyl halides is 3. The summed E-state index contributed by atoms with van der Waals surface area (Å²) in [6.45, 7) is 1.75. The lowest BCUT2D eigenvalue weighted by Gasteiger charge is -2.25. The summed E-state index contributed by atoms with van der Waals surface area (Å²) in [5, 5.41) is 13.7. The van der Waals surface area contributed by atoms with Gasteiger partial charge in [0.25, 0.3) is 0 Å². The highest BCUT2D eigenvalue weighted by Gasteiger charge is 2.58. The van der Waals surface area contributed by atoms with E-state index in [1.54, 1.807) is 23.0 Å². The van der Waals surface area contributed by atoms with Gasteiger partial charge in [-0.25, -0.2) is 13.9 Å². The van der Waals surface area contributed by atoms with Crippen LogP contribution in [-0.4, -0.2) is 57.4 Å². The largest absolute Gasteiger partial charge is 0.443 e. The van der Waals surface area contributed by atoms with E-state index in [1.807, 2.05) is 6.07 Å². The highest BCUT2D eigenvalue weighted by atomic mass is 19.4. The number of aliphatic hydroxyl groups is 1. The maximum absolute atomic E-state index is 13.0. The standard InChI is InChI=1S/C19H19F4N3O3/c1-10(17(27)19(21,22)23)29-18(28)25-8-13-14(9-25)16(13)15-6-7-26(24-15)12-4-2-11(20)3-5-12/h2-7,10,13-14,16-17,27H,8-9H2,1H3/t10-,13-,14+,16?,17-/m1/s1. The number of likely N-dealkylation sites (tertiary alicyclic amines) is 1. The number of rotatable bonds is 4. The summed E-state index contributed by atoms with van der Waals surface area (Å²) in [5.41, 5.74) is 1.59. The molecule has 4 rings (SSSR count). The number of aromatic nitrogens is 2. The SMILES string of the molecule is C[C@@H](OC(=O)N1C[C@@H]2C(c3ccn(-c4ccc(F)cc4)n3)[C@@H]2C1)[C@@H](O)C(F)(F)F. The molecule has 1 aromatic carbocycles. The maximum atomic E-state index is 13.0. The average Bonchev–Trinajstić information content (AvgIpc) is 3.05. The lowest BCUT2D eigenvalue weighted by atomic mass is 10.2. The third-order valence-electron chi connectivity index (χ3n) is 5.56. The number of amides is 1. The minimum Gasteiger partial charge on any atom is -0.443 e. The van der Waals surface area contributed by atoms with Crippen molar-refractivity contribution < 1.29 is 32.2 Å². The van der Waals surface area contributed by atoms with Crippen LogP contribution in [0.15, 0.2) is 36.5 Å². The van der Waals surface area contributed by atoms with E-state index in [4.69, 9.17) is 9.84 Å². The third kappa shape index (κ3) is 3.81. The molecule has 2 aromatic rings. The third-order valence-corrected chi connectivity index (χ3v) is 5.56. The first-order chi connectivity index (χ1) is 13.6. The van der Waals surface area contributed by atoms with Crippen LogP contribution < -0.4 is 0 Å². The van der Waals surface area contributed by atoms with Crippen molar-refractivity contribution in [3.05, 3.63) is 48.0 Å². The lowest BCUT2D eigenvalue weighted by molar-refractivity contribution is -0.227. The minimum atomic E-state index is -4.85. The first kappa shape index (κ1) is 19.7. The zero-order valence-corrected chi connectivity index (χ0v) is 15.4. The van der Waals surface area contributed by atoms with Gasteiger partial charge in [0.05, 0.1) is 11.4 Å². The molecule has 0 bridgehead atoms. The van der Waals surface area contributed by atoms with E-state index >= 15 is 0 Å². The molecule has 156 valence electrons. The van der Waals surface area contributed by atoms with E-state index in [9.17, 15) is 22.4 Å². The van der Waals surface area contributed by atoms with Crippen molar-refractivity contribution in [1.29, 1.82) is 0 Å². The van der Waals surface area contributed by atoms with Gasteiger partial charge in [-0.3, -0.25) is 0 Å². The number of carbonyl (C=O) groups excluding carboxylic acids is 1. The first-order valence-electron chi connectivity index (χ1n) is 9.17. The van der Waals surface area contributed by atoms with Gasteiger partial charge < -0.3 is 14.7 Å². The van der Waals surface area contributed by atoms with Crippen molar-refractivity contribution in [3.8, 4) is 5.69 Å². The summed E-state index contributed by atoms with van der Waals surface area (Å²) in [5.74, 6) is 0.171. The molecule has 1 saturated carbocycles. The molecule has 2 heterocycles. The summed E-state index contributed by atoms with van der Waals surface area (Å²) in [4.78, 5) is 13.5. The van der Waals surface area contributed by atoms with E-state index < -0.39 is 24.5 Å². The van der Waals surface area contributed by atoms with Gasteiger partial charge in [-0.05, 0) is 49.1 Å². The zero-order chi connectivity index (χ0) is 20.9. The molecule has 10 heteroatoms. The van der Waals surface area contributed by atoms with Gasteiger partial charge >= 0.3 is 12.3 Å². The van der Waals surface area contributed by atoms with Crippen molar-refractivity contribution in [2.24, 2.45) is 11.8 Å². The van der Waals surface area contributed by atoms with E-state index in [0.29, 0.717) is 13.1 Å². The van der Waals surface area contributed by atoms with Crippen LogP contribution in [0.1, 0.15) is 18.5 Å². The van der Waals surface area contributed by atoms with Crippen LogP contribution in [0.5, 0.6) is 0 Å². The number of carbonyl (C=O) groups is 1. The Balaban J connectivity index is 1.32. The van der Waals surface area contributed by atoms with E-state index in [2.05, 4.69) is 5.10 Å². The molecule has 0 radical (unpaired) electrons. The Morgan fingerprint density at radius 3 is 2.41 bits per heavy atom. The fourth-order valence-corrected chi connectivity index (χ4v) is 3.93. The topological polar surface area (TPSA) is 67.6 Å². The predicted octanol–water partition coefficient (Wildman–Crippen LogP) is 3.10. The van der Waals surface area contributed by atoms with Crippen LogP contribution >= 0.6 is 0 Å². The fraction of sp³-hybridized carbons (Fsp3) is 0.474. The number of hydrogen-bond acceptors (Lipinski definition) is 4. The molecular weight excluding hydrogens is 394 g/mol. The summed E-state index contributed by atoms with van der Waals surface area (Å²) in [7, 11) is 0. The molecule has 2 fully saturated rings. The Hall–Kier alpha value is -2.62. The molecule has 1 saturated heterocycles. The molecule has 1 N–H and O–H groups in total. The molecular formula is C19H19F4N3O3. The van der Waals surface area contributed by atoms with Crippen LogP contribution in [-0.2, 0) is 4.74 Å². The molecule has 1 aliphatic carbocycles. The van der Waals surface area contributed by atoms with E-state index in [0.717, 1.165) is 18.3 Å². The first-order valence-corrected chi connectivity index (χ1v) is 9.17. The number of halogens is 4. The molecule has 2 aliphatic rings. The Morgan fingerprint density at radius 1 is 1.21 bits per heavy atom. The second-order valence-corrected chi connectivity index (χ2v) is 7.50. The van der Waals surface area contributed by atoms with Gasteiger partial charge in [0.1, 0.15) is 11.9 Å². The van der Waals surface area contributed by atoms with Crippen LogP contribution in [0.2, 0.25) is 0 Å². The second kappa shape index (κ2) is 7.01. The Morgan fingerprint density at radius 2 is 1.83 bits per heavy atom. The Bertz CT molecular complexity index is 887. The van der Waals surface area contributed by atoms with Crippen LogP contribution in [0.4, 0.5) is 22.4 Å². The number of ether oxygens (including phenoxy) is 1. The number of aliphatic hydroxyl groups excluding tert-OH is 1. The Kier molecular flexibility index (Phi) is 4.76. The fourth-order valence-electron chi connectivity index (χ4n) is 3.93. The summed E-state index contributed by atoms with van der Waals surface area (Å²) >= 11 is 0. The van der Waals surface area contributed by atoms with Crippen molar-refractivity contribution >= 4 is 6.09 Å². The van der Waals surface area contributed by atoms with Gasteiger partial charge in [-0.1, -0.05) is 0 Å². The van der Waals surface area contributed by atoms with Gasteiger partial charge in [0, 0.05) is 25.2 Å². The minimum absolute atomic E-state index is 0.166. The maximum Gasteiger partial charge on any atom is 0.418 e. The summed E-state index contributed by atoms with van der Waals surface area (Å²) in [6.07, 6.45) is -8.32. The molecule has 6 nitrogen and oxygen atoms in total. The average molecular weight is 413 g/mol. The molecule has 1 aliphatic heterocycles. The molecule has 1 unspecified atom stereocenters. The van der Waals surface area contributed by atoms with Crippen LogP contribution in [0.3, 0.4) is 0 Å². The quantitative estimate of drug-likeness (QED) is 0.783. The normalized spacial score (nSPS) is 25.4. The number of benzene rings is 1. The monoisotopic (exact) mass is 413 g/mol. The highest BCUT2D eigenvalue weighted by molar-refractivity contribution is 5.69. The summed E-state index contributed by atoms with van der Waals surface area (Å²) in [6, 6.07) is 7.81. The van der Waals surface area contributed by atoms with Crippen LogP contribution in [0.25, 0.3) is 5.69 Å². The molecule has 1 aromatic heterocycles. The van der Waals surface area contributed by atoms with Gasteiger partial charge in [-0.2, -0.15) is 18.3 Å². The van der Waals surface area contributed by atoms with Gasteiger partial charge in [0.2, 0.25) is 0 Å². The van der Waals surface area contributed by atoms with Crippen molar-refractivity contribution in [3.63, 3.8) is 0 Å². The predicted molar refractivity (Wildman–Crippen MR) is 92.8 cm³/mol. The summed E-state index contributed by atoms with van der Waals surface area (Å²) < 4.78 is 57.0. The van der Waals surface area contributed by atoms with Crippen molar-refractivity contribution in [2.45, 2.75) is 31.2 Å². The highest BCUT2D eigenvalue weighted by Crippen LogP contribution is 2.57. The van der Waals surface area contributed by atoms with Crippen molar-refractivity contribution in [2.75, 3.05) is 13.1 Å². The molecule has 5 atom stereocenters. The van der Waals surface area contributed by atoms with E-state index in [-0.39, 0.29) is 23.6 Å². The van der Waals surface area contributed by atoms with Crippen molar-refractivity contribution in [1.82, 2.24) is 14.7 Å². The molecule has 1 amide bonds. The zero-order valence-electron chi connectivity index (χ0n) is 15.4. The Labute approximate surface area is 163 Å². The molecule has 29 heavy (non-hydrogen) atoms. The molecule has 0 spiro atoms. The second-order valence-electron chi connectivity index (χ2n) is 7.50. The van der Waals surface area contributed by atoms with Gasteiger partial charge in [-0.15, -0.1) is 0 Å². The van der Waals surface area contributed by atoms with E-state index in [1.165, 1.54) is 17.0 Å².